The van der Waals surface area contributed by atoms with E-state index in [1.54, 1.807) is 19.1 Å². The molecule has 1 heterocycles. The summed E-state index contributed by atoms with van der Waals surface area (Å²) in [4.78, 5) is 15.3. The van der Waals surface area contributed by atoms with E-state index in [0.29, 0.717) is 36.8 Å². The van der Waals surface area contributed by atoms with Crippen LogP contribution in [-0.2, 0) is 13.0 Å². The minimum absolute atomic E-state index is 0.411. The van der Waals surface area contributed by atoms with Gasteiger partial charge in [-0.25, -0.2) is 0 Å². The Balaban J connectivity index is 1.84. The fourth-order valence-electron chi connectivity index (χ4n) is 1.78. The number of primary amides is 1. The van der Waals surface area contributed by atoms with Gasteiger partial charge in [0, 0.05) is 32.0 Å². The predicted octanol–water partition coefficient (Wildman–Crippen LogP) is 0.809. The zero-order valence-electron chi connectivity index (χ0n) is 10.7. The third kappa shape index (κ3) is 3.62. The second-order valence-corrected chi connectivity index (χ2v) is 4.18. The largest absolute Gasteiger partial charge is 0.366 e. The van der Waals surface area contributed by atoms with Gasteiger partial charge in [0.15, 0.2) is 5.82 Å². The zero-order valence-corrected chi connectivity index (χ0v) is 10.7. The van der Waals surface area contributed by atoms with Gasteiger partial charge in [-0.2, -0.15) is 4.98 Å². The number of carbonyl (C=O) groups excluding carboxylic acids is 1. The number of aromatic nitrogens is 2. The minimum atomic E-state index is -0.411. The lowest BCUT2D eigenvalue weighted by Crippen LogP contribution is -2.21. The molecule has 2 aromatic rings. The van der Waals surface area contributed by atoms with Crippen molar-refractivity contribution in [3.8, 4) is 0 Å². The first-order valence-corrected chi connectivity index (χ1v) is 6.04. The average Bonchev–Trinajstić information content (AvgIpc) is 2.81. The molecule has 6 nitrogen and oxygen atoms in total. The molecule has 1 aromatic carbocycles. The molecular weight excluding hydrogens is 244 g/mol. The van der Waals surface area contributed by atoms with Crippen molar-refractivity contribution in [3.05, 3.63) is 47.1 Å². The Morgan fingerprint density at radius 1 is 1.42 bits per heavy atom. The number of amides is 1. The molecule has 0 aliphatic heterocycles. The van der Waals surface area contributed by atoms with Crippen molar-refractivity contribution >= 4 is 5.91 Å². The molecule has 1 aromatic heterocycles. The molecule has 100 valence electrons. The van der Waals surface area contributed by atoms with Crippen LogP contribution in [0.5, 0.6) is 0 Å². The third-order valence-electron chi connectivity index (χ3n) is 2.69. The monoisotopic (exact) mass is 260 g/mol. The molecule has 1 amide bonds. The normalized spacial score (nSPS) is 10.6. The maximum atomic E-state index is 11.2. The molecule has 0 saturated carbocycles. The number of aryl methyl sites for hydroxylation is 1. The van der Waals surface area contributed by atoms with Crippen molar-refractivity contribution in [2.45, 2.75) is 19.9 Å². The van der Waals surface area contributed by atoms with Gasteiger partial charge in [0.05, 0.1) is 0 Å². The highest BCUT2D eigenvalue weighted by Gasteiger charge is 2.06. The van der Waals surface area contributed by atoms with E-state index in [1.165, 1.54) is 0 Å². The molecule has 0 saturated heterocycles. The number of nitrogens with two attached hydrogens (primary N) is 1. The molecule has 19 heavy (non-hydrogen) atoms. The Hall–Kier alpha value is -2.21. The van der Waals surface area contributed by atoms with Gasteiger partial charge in [0.25, 0.3) is 0 Å². The van der Waals surface area contributed by atoms with Crippen LogP contribution in [0.3, 0.4) is 0 Å². The number of nitrogens with one attached hydrogen (secondary N) is 1. The van der Waals surface area contributed by atoms with Gasteiger partial charge < -0.3 is 15.6 Å². The van der Waals surface area contributed by atoms with Gasteiger partial charge in [-0.3, -0.25) is 4.79 Å². The fourth-order valence-corrected chi connectivity index (χ4v) is 1.78. The summed E-state index contributed by atoms with van der Waals surface area (Å²) in [7, 11) is 0. The van der Waals surface area contributed by atoms with Crippen molar-refractivity contribution in [2.75, 3.05) is 6.54 Å². The van der Waals surface area contributed by atoms with Gasteiger partial charge in [-0.05, 0) is 11.6 Å². The molecule has 3 N–H and O–H groups in total. The standard InChI is InChI=1S/C13H16N4O2/c1-9-16-12(17-19-9)6-7-15-8-10-4-2-3-5-11(10)13(14)18/h2-5,15H,6-8H2,1H3,(H2,14,18). The number of hydrogen-bond donors (Lipinski definition) is 2. The summed E-state index contributed by atoms with van der Waals surface area (Å²) in [5, 5.41) is 7.03. The van der Waals surface area contributed by atoms with Gasteiger partial charge in [-0.1, -0.05) is 23.4 Å². The molecule has 0 aliphatic rings. The van der Waals surface area contributed by atoms with E-state index < -0.39 is 5.91 Å². The maximum Gasteiger partial charge on any atom is 0.249 e. The highest BCUT2D eigenvalue weighted by Crippen LogP contribution is 2.07. The molecule has 0 aliphatic carbocycles. The molecule has 6 heteroatoms. The van der Waals surface area contributed by atoms with Gasteiger partial charge in [-0.15, -0.1) is 0 Å². The van der Waals surface area contributed by atoms with Crippen LogP contribution in [0.1, 0.15) is 27.6 Å². The van der Waals surface area contributed by atoms with Gasteiger partial charge >= 0.3 is 0 Å². The molecule has 0 spiro atoms. The maximum absolute atomic E-state index is 11.2. The first kappa shape index (κ1) is 13.2. The van der Waals surface area contributed by atoms with Crippen molar-refractivity contribution < 1.29 is 9.32 Å². The molecule has 0 atom stereocenters. The number of carbonyl (C=O) groups is 1. The summed E-state index contributed by atoms with van der Waals surface area (Å²) in [5.74, 6) is 0.827. The lowest BCUT2D eigenvalue weighted by atomic mass is 10.1. The first-order chi connectivity index (χ1) is 9.16. The van der Waals surface area contributed by atoms with E-state index >= 15 is 0 Å². The van der Waals surface area contributed by atoms with Crippen LogP contribution in [0.2, 0.25) is 0 Å². The number of benzene rings is 1. The Bertz CT molecular complexity index is 565. The van der Waals surface area contributed by atoms with Crippen LogP contribution < -0.4 is 11.1 Å². The summed E-state index contributed by atoms with van der Waals surface area (Å²) < 4.78 is 4.88. The SMILES string of the molecule is Cc1nc(CCNCc2ccccc2C(N)=O)no1. The first-order valence-electron chi connectivity index (χ1n) is 6.04. The van der Waals surface area contributed by atoms with Crippen LogP contribution in [0.15, 0.2) is 28.8 Å². The third-order valence-corrected chi connectivity index (χ3v) is 2.69. The second kappa shape index (κ2) is 6.10. The predicted molar refractivity (Wildman–Crippen MR) is 69.4 cm³/mol. The Kier molecular flexibility index (Phi) is 4.25. The molecule has 0 fully saturated rings. The van der Waals surface area contributed by atoms with Crippen molar-refractivity contribution in [1.82, 2.24) is 15.5 Å². The fraction of sp³-hybridized carbons (Fsp3) is 0.308. The molecule has 0 bridgehead atoms. The van der Waals surface area contributed by atoms with Crippen molar-refractivity contribution in [3.63, 3.8) is 0 Å². The van der Waals surface area contributed by atoms with Gasteiger partial charge in [0.1, 0.15) is 0 Å². The van der Waals surface area contributed by atoms with Crippen molar-refractivity contribution in [2.24, 2.45) is 5.73 Å². The Morgan fingerprint density at radius 2 is 2.21 bits per heavy atom. The topological polar surface area (TPSA) is 94.0 Å². The smallest absolute Gasteiger partial charge is 0.249 e. The second-order valence-electron chi connectivity index (χ2n) is 4.18. The summed E-state index contributed by atoms with van der Waals surface area (Å²) in [6.07, 6.45) is 0.677. The zero-order chi connectivity index (χ0) is 13.7. The lowest BCUT2D eigenvalue weighted by Gasteiger charge is -2.07. The lowest BCUT2D eigenvalue weighted by molar-refractivity contribution is 0.0999. The van der Waals surface area contributed by atoms with E-state index in [-0.39, 0.29) is 0 Å². The summed E-state index contributed by atoms with van der Waals surface area (Å²) >= 11 is 0. The van der Waals surface area contributed by atoms with E-state index in [4.69, 9.17) is 10.3 Å². The van der Waals surface area contributed by atoms with E-state index in [9.17, 15) is 4.79 Å². The van der Waals surface area contributed by atoms with E-state index in [2.05, 4.69) is 15.5 Å². The van der Waals surface area contributed by atoms with Crippen LogP contribution in [0.4, 0.5) is 0 Å². The highest BCUT2D eigenvalue weighted by atomic mass is 16.5. The summed E-state index contributed by atoms with van der Waals surface area (Å²) in [6, 6.07) is 7.28. The number of nitrogens with zero attached hydrogens (tertiary/aromatic N) is 2. The highest BCUT2D eigenvalue weighted by molar-refractivity contribution is 5.94. The molecular formula is C13H16N4O2. The van der Waals surface area contributed by atoms with E-state index in [0.717, 1.165) is 5.56 Å². The molecule has 0 radical (unpaired) electrons. The Labute approximate surface area is 111 Å². The average molecular weight is 260 g/mol. The summed E-state index contributed by atoms with van der Waals surface area (Å²) in [5.41, 5.74) is 6.75. The van der Waals surface area contributed by atoms with Gasteiger partial charge in [0.2, 0.25) is 11.8 Å². The molecule has 0 unspecified atom stereocenters. The number of hydrogen-bond acceptors (Lipinski definition) is 5. The summed E-state index contributed by atoms with van der Waals surface area (Å²) in [6.45, 7) is 3.04. The van der Waals surface area contributed by atoms with Crippen LogP contribution in [0, 0.1) is 6.92 Å². The van der Waals surface area contributed by atoms with E-state index in [1.807, 2.05) is 12.1 Å². The Morgan fingerprint density at radius 3 is 2.89 bits per heavy atom. The van der Waals surface area contributed by atoms with Crippen LogP contribution in [0.25, 0.3) is 0 Å². The quantitative estimate of drug-likeness (QED) is 0.749. The molecule has 2 rings (SSSR count). The van der Waals surface area contributed by atoms with Crippen LogP contribution in [-0.4, -0.2) is 22.6 Å². The van der Waals surface area contributed by atoms with Crippen molar-refractivity contribution in [1.29, 1.82) is 0 Å². The minimum Gasteiger partial charge on any atom is -0.366 e. The van der Waals surface area contributed by atoms with Crippen LogP contribution >= 0.6 is 0 Å². The number of rotatable bonds is 6.